The molecule has 2 aromatic carbocycles. The monoisotopic (exact) mass is 576 g/mol. The van der Waals surface area contributed by atoms with Gasteiger partial charge in [-0.05, 0) is 56.7 Å². The highest BCUT2D eigenvalue weighted by Gasteiger charge is 2.34. The number of fused-ring (bicyclic) bond motifs is 1. The Morgan fingerprint density at radius 2 is 1.80 bits per heavy atom. The van der Waals surface area contributed by atoms with Crippen LogP contribution >= 0.6 is 22.9 Å². The van der Waals surface area contributed by atoms with E-state index in [0.717, 1.165) is 0 Å². The molecule has 204 valence electrons. The van der Waals surface area contributed by atoms with Crippen molar-refractivity contribution in [1.29, 1.82) is 0 Å². The molecule has 0 spiro atoms. The smallest absolute Gasteiger partial charge is 0.338 e. The first-order valence-corrected chi connectivity index (χ1v) is 13.8. The van der Waals surface area contributed by atoms with Gasteiger partial charge in [0.05, 0.1) is 34.6 Å². The average Bonchev–Trinajstić information content (AvgIpc) is 3.53. The number of rotatable bonds is 7. The van der Waals surface area contributed by atoms with Crippen LogP contribution in [0.15, 0.2) is 86.1 Å². The molecule has 10 heteroatoms. The van der Waals surface area contributed by atoms with Crippen LogP contribution in [0.5, 0.6) is 0 Å². The standard InChI is InChI=1S/C30H25ClN2O6S/c1-4-37-28(35)19-10-8-9-18(15-19)23-14-13-20(39-23)16-24-27(34)33-26(21-11-6-7-12-22(21)31)25(29(36)38-5-2)17(3)32-30(33)40-24/h6-16,26H,4-5H2,1-3H3/b24-16-/t26-/m0/s1. The molecule has 0 saturated heterocycles. The number of hydrogen-bond acceptors (Lipinski definition) is 8. The minimum absolute atomic E-state index is 0.179. The molecule has 0 bridgehead atoms. The van der Waals surface area contributed by atoms with Crippen molar-refractivity contribution in [3.8, 4) is 11.3 Å². The third-order valence-electron chi connectivity index (χ3n) is 6.28. The number of hydrogen-bond donors (Lipinski definition) is 0. The fourth-order valence-electron chi connectivity index (χ4n) is 4.51. The first-order valence-electron chi connectivity index (χ1n) is 12.6. The van der Waals surface area contributed by atoms with Crippen LogP contribution in [-0.2, 0) is 14.3 Å². The molecule has 1 aliphatic rings. The summed E-state index contributed by atoms with van der Waals surface area (Å²) in [5, 5.41) is 0.416. The third-order valence-corrected chi connectivity index (χ3v) is 7.60. The highest BCUT2D eigenvalue weighted by Crippen LogP contribution is 2.34. The molecule has 0 fully saturated rings. The maximum Gasteiger partial charge on any atom is 0.338 e. The Morgan fingerprint density at radius 3 is 2.55 bits per heavy atom. The second kappa shape index (κ2) is 11.5. The van der Waals surface area contributed by atoms with Crippen molar-refractivity contribution < 1.29 is 23.5 Å². The summed E-state index contributed by atoms with van der Waals surface area (Å²) in [5.74, 6) is 0.00320. The number of furan rings is 1. The van der Waals surface area contributed by atoms with Crippen molar-refractivity contribution in [3.05, 3.63) is 114 Å². The zero-order valence-electron chi connectivity index (χ0n) is 22.0. The van der Waals surface area contributed by atoms with E-state index in [1.165, 1.54) is 15.9 Å². The summed E-state index contributed by atoms with van der Waals surface area (Å²) in [6, 6.07) is 16.7. The van der Waals surface area contributed by atoms with Crippen LogP contribution in [0, 0.1) is 0 Å². The van der Waals surface area contributed by atoms with E-state index >= 15 is 0 Å². The van der Waals surface area contributed by atoms with Crippen molar-refractivity contribution in [3.63, 3.8) is 0 Å². The zero-order valence-corrected chi connectivity index (χ0v) is 23.5. The highest BCUT2D eigenvalue weighted by atomic mass is 35.5. The van der Waals surface area contributed by atoms with Crippen molar-refractivity contribution >= 4 is 41.0 Å². The van der Waals surface area contributed by atoms with Crippen molar-refractivity contribution in [2.45, 2.75) is 26.8 Å². The lowest BCUT2D eigenvalue weighted by Gasteiger charge is -2.25. The topological polar surface area (TPSA) is 100 Å². The molecule has 0 N–H and O–H groups in total. The molecule has 0 radical (unpaired) electrons. The Kier molecular flexibility index (Phi) is 7.86. The van der Waals surface area contributed by atoms with E-state index in [1.807, 2.05) is 6.07 Å². The van der Waals surface area contributed by atoms with E-state index in [0.29, 0.717) is 48.3 Å². The van der Waals surface area contributed by atoms with Crippen molar-refractivity contribution in [2.75, 3.05) is 13.2 Å². The summed E-state index contributed by atoms with van der Waals surface area (Å²) in [6.07, 6.45) is 1.63. The molecular weight excluding hydrogens is 552 g/mol. The Balaban J connectivity index is 1.59. The molecular formula is C30H25ClN2O6S. The quantitative estimate of drug-likeness (QED) is 0.291. The second-order valence-corrected chi connectivity index (χ2v) is 10.2. The van der Waals surface area contributed by atoms with Gasteiger partial charge in [-0.15, -0.1) is 0 Å². The number of aromatic nitrogens is 1. The first-order chi connectivity index (χ1) is 19.3. The number of esters is 2. The number of carbonyl (C=O) groups excluding carboxylic acids is 2. The Labute approximate surface area is 238 Å². The van der Waals surface area contributed by atoms with Gasteiger partial charge in [-0.3, -0.25) is 9.36 Å². The zero-order chi connectivity index (χ0) is 28.4. The maximum absolute atomic E-state index is 13.8. The third kappa shape index (κ3) is 5.17. The number of ether oxygens (including phenoxy) is 2. The first kappa shape index (κ1) is 27.4. The minimum atomic E-state index is -0.802. The predicted molar refractivity (Wildman–Crippen MR) is 152 cm³/mol. The van der Waals surface area contributed by atoms with Gasteiger partial charge in [-0.1, -0.05) is 53.3 Å². The molecule has 1 aliphatic heterocycles. The van der Waals surface area contributed by atoms with Crippen LogP contribution in [0.1, 0.15) is 48.5 Å². The highest BCUT2D eigenvalue weighted by molar-refractivity contribution is 7.07. The van der Waals surface area contributed by atoms with Gasteiger partial charge in [0.2, 0.25) is 0 Å². The summed E-state index contributed by atoms with van der Waals surface area (Å²) < 4.78 is 18.3. The molecule has 1 atom stereocenters. The van der Waals surface area contributed by atoms with E-state index in [2.05, 4.69) is 4.99 Å². The summed E-state index contributed by atoms with van der Waals surface area (Å²) in [5.41, 5.74) is 2.08. The Hall–Kier alpha value is -4.21. The summed E-state index contributed by atoms with van der Waals surface area (Å²) in [4.78, 5) is 43.9. The van der Waals surface area contributed by atoms with Crippen LogP contribution in [0.2, 0.25) is 5.02 Å². The molecule has 0 unspecified atom stereocenters. The number of benzene rings is 2. The van der Waals surface area contributed by atoms with E-state index in [9.17, 15) is 14.4 Å². The SMILES string of the molecule is CCOC(=O)C1=C(C)N=c2s/c(=C\c3ccc(-c4cccc(C(=O)OCC)c4)o3)c(=O)n2[C@H]1c1ccccc1Cl. The Bertz CT molecular complexity index is 1830. The molecule has 0 amide bonds. The molecule has 5 rings (SSSR count). The number of nitrogens with zero attached hydrogens (tertiary/aromatic N) is 2. The minimum Gasteiger partial charge on any atom is -0.463 e. The van der Waals surface area contributed by atoms with Crippen LogP contribution < -0.4 is 14.9 Å². The van der Waals surface area contributed by atoms with Crippen LogP contribution in [-0.4, -0.2) is 29.7 Å². The Morgan fingerprint density at radius 1 is 1.05 bits per heavy atom. The maximum atomic E-state index is 13.8. The number of carbonyl (C=O) groups is 2. The predicted octanol–water partition coefficient (Wildman–Crippen LogP) is 4.89. The molecule has 3 heterocycles. The molecule has 40 heavy (non-hydrogen) atoms. The van der Waals surface area contributed by atoms with Gasteiger partial charge in [0.25, 0.3) is 5.56 Å². The lowest BCUT2D eigenvalue weighted by atomic mass is 9.96. The van der Waals surface area contributed by atoms with Crippen molar-refractivity contribution in [2.24, 2.45) is 4.99 Å². The number of thiazole rings is 1. The number of allylic oxidation sites excluding steroid dienone is 1. The number of halogens is 1. The van der Waals surface area contributed by atoms with E-state index in [-0.39, 0.29) is 24.3 Å². The normalized spacial score (nSPS) is 15.0. The average molecular weight is 577 g/mol. The van der Waals surface area contributed by atoms with Gasteiger partial charge in [-0.25, -0.2) is 14.6 Å². The lowest BCUT2D eigenvalue weighted by Crippen LogP contribution is -2.40. The molecule has 2 aromatic heterocycles. The van der Waals surface area contributed by atoms with Gasteiger partial charge in [0.1, 0.15) is 17.6 Å². The summed E-state index contributed by atoms with van der Waals surface area (Å²) in [7, 11) is 0. The largest absolute Gasteiger partial charge is 0.463 e. The van der Waals surface area contributed by atoms with E-state index in [1.54, 1.807) is 81.4 Å². The molecule has 0 saturated carbocycles. The van der Waals surface area contributed by atoms with Crippen LogP contribution in [0.4, 0.5) is 0 Å². The molecule has 4 aromatic rings. The van der Waals surface area contributed by atoms with E-state index in [4.69, 9.17) is 25.5 Å². The van der Waals surface area contributed by atoms with E-state index < -0.39 is 18.0 Å². The van der Waals surface area contributed by atoms with Gasteiger partial charge in [0.15, 0.2) is 4.80 Å². The summed E-state index contributed by atoms with van der Waals surface area (Å²) in [6.45, 7) is 5.65. The van der Waals surface area contributed by atoms with Gasteiger partial charge >= 0.3 is 11.9 Å². The molecule has 8 nitrogen and oxygen atoms in total. The van der Waals surface area contributed by atoms with Gasteiger partial charge in [-0.2, -0.15) is 0 Å². The fourth-order valence-corrected chi connectivity index (χ4v) is 5.78. The second-order valence-electron chi connectivity index (χ2n) is 8.83. The summed E-state index contributed by atoms with van der Waals surface area (Å²) >= 11 is 7.73. The van der Waals surface area contributed by atoms with Gasteiger partial charge < -0.3 is 13.9 Å². The fraction of sp³-hybridized carbons (Fsp3) is 0.200. The van der Waals surface area contributed by atoms with Crippen LogP contribution in [0.25, 0.3) is 17.4 Å². The van der Waals surface area contributed by atoms with Crippen LogP contribution in [0.3, 0.4) is 0 Å². The van der Waals surface area contributed by atoms with Crippen molar-refractivity contribution in [1.82, 2.24) is 4.57 Å². The lowest BCUT2D eigenvalue weighted by molar-refractivity contribution is -0.139. The molecule has 0 aliphatic carbocycles. The van der Waals surface area contributed by atoms with Gasteiger partial charge in [0, 0.05) is 16.7 Å².